The van der Waals surface area contributed by atoms with Gasteiger partial charge in [0.15, 0.2) is 0 Å². The van der Waals surface area contributed by atoms with Gasteiger partial charge in [0.2, 0.25) is 0 Å². The van der Waals surface area contributed by atoms with Crippen molar-refractivity contribution in [3.63, 3.8) is 0 Å². The smallest absolute Gasteiger partial charge is 0.257 e. The number of piperazine rings is 1. The third-order valence-corrected chi connectivity index (χ3v) is 6.06. The van der Waals surface area contributed by atoms with E-state index in [9.17, 15) is 4.79 Å². The summed E-state index contributed by atoms with van der Waals surface area (Å²) >= 11 is 0. The van der Waals surface area contributed by atoms with Gasteiger partial charge in [-0.3, -0.25) is 9.48 Å². The van der Waals surface area contributed by atoms with Crippen LogP contribution in [0.1, 0.15) is 15.9 Å². The number of hydrogen-bond donors (Lipinski definition) is 0. The highest BCUT2D eigenvalue weighted by molar-refractivity contribution is 6.00. The first-order valence-electron chi connectivity index (χ1n) is 11.4. The molecule has 0 radical (unpaired) electrons. The molecule has 4 aromatic rings. The average molecular weight is 454 g/mol. The van der Waals surface area contributed by atoms with Crippen molar-refractivity contribution in [1.29, 1.82) is 0 Å². The lowest BCUT2D eigenvalue weighted by Gasteiger charge is -2.35. The molecule has 0 aliphatic carbocycles. The molecule has 0 unspecified atom stereocenters. The second-order valence-corrected chi connectivity index (χ2v) is 8.27. The van der Waals surface area contributed by atoms with E-state index in [2.05, 4.69) is 22.0 Å². The zero-order chi connectivity index (χ0) is 23.3. The molecule has 0 bridgehead atoms. The highest BCUT2D eigenvalue weighted by atomic mass is 16.5. The van der Waals surface area contributed by atoms with Crippen LogP contribution in [0, 0.1) is 0 Å². The summed E-state index contributed by atoms with van der Waals surface area (Å²) in [6.07, 6.45) is 3.67. The minimum atomic E-state index is -0.00203. The van der Waals surface area contributed by atoms with E-state index in [1.165, 1.54) is 0 Å². The molecule has 0 atom stereocenters. The van der Waals surface area contributed by atoms with Gasteiger partial charge >= 0.3 is 0 Å². The van der Waals surface area contributed by atoms with Crippen LogP contribution in [-0.4, -0.2) is 58.9 Å². The van der Waals surface area contributed by atoms with Gasteiger partial charge in [-0.25, -0.2) is 4.98 Å². The molecular formula is C27H27N5O2. The first-order valence-corrected chi connectivity index (χ1v) is 11.4. The van der Waals surface area contributed by atoms with Gasteiger partial charge < -0.3 is 14.5 Å². The Labute approximate surface area is 199 Å². The van der Waals surface area contributed by atoms with Crippen LogP contribution in [0.25, 0.3) is 11.3 Å². The summed E-state index contributed by atoms with van der Waals surface area (Å²) in [7, 11) is 1.64. The SMILES string of the molecule is COc1cccc(-c2nn(Cc3ccccc3)cc2C(=O)N2CCN(c3ccccn3)CC2)c1. The molecule has 1 fully saturated rings. The van der Waals surface area contributed by atoms with Gasteiger partial charge in [-0.2, -0.15) is 5.10 Å². The van der Waals surface area contributed by atoms with Crippen LogP contribution in [0.15, 0.2) is 85.2 Å². The molecule has 1 saturated heterocycles. The number of anilines is 1. The van der Waals surface area contributed by atoms with E-state index in [0.29, 0.717) is 30.9 Å². The Bertz CT molecular complexity index is 1250. The number of hydrogen-bond acceptors (Lipinski definition) is 5. The van der Waals surface area contributed by atoms with Gasteiger partial charge in [0.25, 0.3) is 5.91 Å². The van der Waals surface area contributed by atoms with Gasteiger partial charge in [-0.05, 0) is 29.8 Å². The Morgan fingerprint density at radius 2 is 1.74 bits per heavy atom. The highest BCUT2D eigenvalue weighted by Crippen LogP contribution is 2.27. The van der Waals surface area contributed by atoms with E-state index in [-0.39, 0.29) is 5.91 Å². The summed E-state index contributed by atoms with van der Waals surface area (Å²) in [5, 5.41) is 4.82. The van der Waals surface area contributed by atoms with Crippen molar-refractivity contribution in [1.82, 2.24) is 19.7 Å². The number of benzene rings is 2. The number of carbonyl (C=O) groups is 1. The van der Waals surface area contributed by atoms with Crippen LogP contribution in [0.4, 0.5) is 5.82 Å². The predicted molar refractivity (Wildman–Crippen MR) is 132 cm³/mol. The van der Waals surface area contributed by atoms with E-state index in [0.717, 1.165) is 35.8 Å². The molecule has 5 rings (SSSR count). The molecule has 3 heterocycles. The summed E-state index contributed by atoms with van der Waals surface area (Å²) in [4.78, 5) is 22.2. The fourth-order valence-electron chi connectivity index (χ4n) is 4.26. The Balaban J connectivity index is 1.41. The Kier molecular flexibility index (Phi) is 6.25. The minimum Gasteiger partial charge on any atom is -0.497 e. The van der Waals surface area contributed by atoms with Crippen LogP contribution in [0.3, 0.4) is 0 Å². The Morgan fingerprint density at radius 3 is 2.47 bits per heavy atom. The van der Waals surface area contributed by atoms with E-state index in [1.807, 2.05) is 76.4 Å². The molecule has 7 nitrogen and oxygen atoms in total. The summed E-state index contributed by atoms with van der Waals surface area (Å²) < 4.78 is 7.26. The van der Waals surface area contributed by atoms with E-state index < -0.39 is 0 Å². The van der Waals surface area contributed by atoms with Crippen molar-refractivity contribution >= 4 is 11.7 Å². The predicted octanol–water partition coefficient (Wildman–Crippen LogP) is 3.96. The number of rotatable bonds is 6. The number of pyridine rings is 1. The van der Waals surface area contributed by atoms with Gasteiger partial charge in [-0.1, -0.05) is 48.5 Å². The molecule has 1 amide bonds. The number of amides is 1. The number of nitrogens with zero attached hydrogens (tertiary/aromatic N) is 5. The minimum absolute atomic E-state index is 0.00203. The number of ether oxygens (including phenoxy) is 1. The molecule has 172 valence electrons. The molecule has 0 N–H and O–H groups in total. The molecule has 0 saturated carbocycles. The lowest BCUT2D eigenvalue weighted by molar-refractivity contribution is 0.0747. The lowest BCUT2D eigenvalue weighted by atomic mass is 10.1. The van der Waals surface area contributed by atoms with Gasteiger partial charge in [0.1, 0.15) is 17.3 Å². The third kappa shape index (κ3) is 4.64. The third-order valence-electron chi connectivity index (χ3n) is 6.06. The fraction of sp³-hybridized carbons (Fsp3) is 0.222. The standard InChI is InChI=1S/C27H27N5O2/c1-34-23-11-7-10-22(18-23)26-24(20-32(29-26)19-21-8-3-2-4-9-21)27(33)31-16-14-30(15-17-31)25-12-5-6-13-28-25/h2-13,18,20H,14-17,19H2,1H3. The van der Waals surface area contributed by atoms with Gasteiger partial charge in [-0.15, -0.1) is 0 Å². The quantitative estimate of drug-likeness (QED) is 0.442. The molecular weight excluding hydrogens is 426 g/mol. The Hall–Kier alpha value is -4.13. The largest absolute Gasteiger partial charge is 0.497 e. The zero-order valence-electron chi connectivity index (χ0n) is 19.2. The Morgan fingerprint density at radius 1 is 0.941 bits per heavy atom. The first-order chi connectivity index (χ1) is 16.7. The van der Waals surface area contributed by atoms with E-state index >= 15 is 0 Å². The second-order valence-electron chi connectivity index (χ2n) is 8.27. The average Bonchev–Trinajstić information content (AvgIpc) is 3.33. The number of aromatic nitrogens is 3. The highest BCUT2D eigenvalue weighted by Gasteiger charge is 2.27. The lowest BCUT2D eigenvalue weighted by Crippen LogP contribution is -2.49. The van der Waals surface area contributed by atoms with Gasteiger partial charge in [0, 0.05) is 44.1 Å². The maximum absolute atomic E-state index is 13.7. The van der Waals surface area contributed by atoms with Crippen LogP contribution < -0.4 is 9.64 Å². The van der Waals surface area contributed by atoms with Crippen LogP contribution >= 0.6 is 0 Å². The fourth-order valence-corrected chi connectivity index (χ4v) is 4.26. The molecule has 2 aromatic carbocycles. The monoisotopic (exact) mass is 453 g/mol. The molecule has 2 aromatic heterocycles. The van der Waals surface area contributed by atoms with Crippen molar-refractivity contribution in [2.45, 2.75) is 6.54 Å². The zero-order valence-corrected chi connectivity index (χ0v) is 19.2. The van der Waals surface area contributed by atoms with Crippen molar-refractivity contribution in [2.75, 3.05) is 38.2 Å². The normalized spacial score (nSPS) is 13.7. The van der Waals surface area contributed by atoms with E-state index in [1.54, 1.807) is 13.3 Å². The maximum Gasteiger partial charge on any atom is 0.257 e. The van der Waals surface area contributed by atoms with E-state index in [4.69, 9.17) is 9.84 Å². The van der Waals surface area contributed by atoms with Crippen molar-refractivity contribution in [3.8, 4) is 17.0 Å². The maximum atomic E-state index is 13.7. The molecule has 0 spiro atoms. The summed E-state index contributed by atoms with van der Waals surface area (Å²) in [5.41, 5.74) is 3.27. The van der Waals surface area contributed by atoms with Crippen LogP contribution in [0.5, 0.6) is 5.75 Å². The molecule has 1 aliphatic rings. The van der Waals surface area contributed by atoms with Crippen LogP contribution in [-0.2, 0) is 6.54 Å². The second kappa shape index (κ2) is 9.79. The van der Waals surface area contributed by atoms with Crippen molar-refractivity contribution in [2.24, 2.45) is 0 Å². The molecule has 34 heavy (non-hydrogen) atoms. The summed E-state index contributed by atoms with van der Waals surface area (Å²) in [6.45, 7) is 3.36. The van der Waals surface area contributed by atoms with Gasteiger partial charge in [0.05, 0.1) is 19.2 Å². The number of carbonyl (C=O) groups excluding carboxylic acids is 1. The van der Waals surface area contributed by atoms with Crippen molar-refractivity contribution in [3.05, 3.63) is 96.3 Å². The summed E-state index contributed by atoms with van der Waals surface area (Å²) in [6, 6.07) is 23.7. The molecule has 7 heteroatoms. The first kappa shape index (κ1) is 21.7. The molecule has 1 aliphatic heterocycles. The van der Waals surface area contributed by atoms with Crippen LogP contribution in [0.2, 0.25) is 0 Å². The summed E-state index contributed by atoms with van der Waals surface area (Å²) in [5.74, 6) is 1.68. The van der Waals surface area contributed by atoms with Crippen molar-refractivity contribution < 1.29 is 9.53 Å². The number of methoxy groups -OCH3 is 1. The topological polar surface area (TPSA) is 63.5 Å².